The van der Waals surface area contributed by atoms with Crippen LogP contribution < -0.4 is 5.73 Å². The van der Waals surface area contributed by atoms with Gasteiger partial charge in [0.15, 0.2) is 5.41 Å². The van der Waals surface area contributed by atoms with Gasteiger partial charge in [0.25, 0.3) is 0 Å². The molecule has 2 saturated carbocycles. The average Bonchev–Trinajstić information content (AvgIpc) is 2.74. The molecule has 0 aromatic heterocycles. The normalized spacial score (nSPS) is 45.5. The fraction of sp³-hybridized carbons (Fsp3) is 0.812. The second kappa shape index (κ2) is 4.40. The van der Waals surface area contributed by atoms with Crippen molar-refractivity contribution in [1.29, 1.82) is 10.5 Å². The number of nitrogens with two attached hydrogens (primary N) is 1. The van der Waals surface area contributed by atoms with Gasteiger partial charge < -0.3 is 10.5 Å². The van der Waals surface area contributed by atoms with Crippen molar-refractivity contribution in [3.63, 3.8) is 0 Å². The molecular weight excluding hydrogens is 296 g/mol. The Morgan fingerprint density at radius 3 is 2.32 bits per heavy atom. The molecule has 0 amide bonds. The lowest BCUT2D eigenvalue weighted by Gasteiger charge is -2.32. The third-order valence-corrected chi connectivity index (χ3v) is 7.56. The molecule has 3 fully saturated rings. The van der Waals surface area contributed by atoms with Crippen molar-refractivity contribution >= 4 is 17.6 Å². The lowest BCUT2D eigenvalue weighted by molar-refractivity contribution is 0.00430. The number of nitrogens with zero attached hydrogens (tertiary/aromatic N) is 3. The summed E-state index contributed by atoms with van der Waals surface area (Å²) in [7, 11) is 0. The maximum Gasteiger partial charge on any atom is 0.230 e. The van der Waals surface area contributed by atoms with E-state index in [1.165, 1.54) is 19.3 Å². The zero-order valence-corrected chi connectivity index (χ0v) is 13.4. The summed E-state index contributed by atoms with van der Waals surface area (Å²) in [5.74, 6) is 1.14. The summed E-state index contributed by atoms with van der Waals surface area (Å²) in [6, 6.07) is 4.96. The van der Waals surface area contributed by atoms with E-state index in [4.69, 9.17) is 10.5 Å². The summed E-state index contributed by atoms with van der Waals surface area (Å²) < 4.78 is 5.97. The van der Waals surface area contributed by atoms with E-state index in [1.54, 1.807) is 11.8 Å². The molecule has 0 unspecified atom stereocenters. The van der Waals surface area contributed by atoms with Crippen LogP contribution in [0.25, 0.3) is 0 Å². The van der Waals surface area contributed by atoms with Gasteiger partial charge in [0.1, 0.15) is 11.3 Å². The lowest BCUT2D eigenvalue weighted by Crippen LogP contribution is -2.37. The van der Waals surface area contributed by atoms with E-state index in [2.05, 4.69) is 17.1 Å². The summed E-state index contributed by atoms with van der Waals surface area (Å²) in [6.45, 7) is 0.572. The van der Waals surface area contributed by atoms with Gasteiger partial charge in [-0.1, -0.05) is 43.9 Å². The molecule has 22 heavy (non-hydrogen) atoms. The van der Waals surface area contributed by atoms with Crippen molar-refractivity contribution in [1.82, 2.24) is 0 Å². The first-order valence-corrected chi connectivity index (χ1v) is 9.11. The Morgan fingerprint density at radius 1 is 1.09 bits per heavy atom. The molecule has 0 aromatic rings. The fourth-order valence-corrected chi connectivity index (χ4v) is 6.83. The van der Waals surface area contributed by atoms with Crippen molar-refractivity contribution in [2.45, 2.75) is 50.0 Å². The lowest BCUT2D eigenvalue weighted by atomic mass is 9.79. The van der Waals surface area contributed by atoms with Gasteiger partial charge >= 0.3 is 0 Å². The zero-order valence-electron chi connectivity index (χ0n) is 12.6. The van der Waals surface area contributed by atoms with E-state index in [9.17, 15) is 10.5 Å². The van der Waals surface area contributed by atoms with E-state index >= 15 is 0 Å². The smallest absolute Gasteiger partial charge is 0.230 e. The van der Waals surface area contributed by atoms with Gasteiger partial charge in [0.05, 0.1) is 18.7 Å². The predicted octanol–water partition coefficient (Wildman–Crippen LogP) is 2.54. The van der Waals surface area contributed by atoms with Gasteiger partial charge in [-0.2, -0.15) is 10.5 Å². The number of rotatable bonds is 0. The van der Waals surface area contributed by atoms with Gasteiger partial charge in [-0.15, -0.1) is 0 Å². The van der Waals surface area contributed by atoms with Gasteiger partial charge in [0.2, 0.25) is 5.06 Å². The van der Waals surface area contributed by atoms with Crippen molar-refractivity contribution in [2.24, 2.45) is 27.0 Å². The molecule has 4 rings (SSSR count). The summed E-state index contributed by atoms with van der Waals surface area (Å²) in [5, 5.41) is 19.2. The number of ether oxygens (including phenoxy) is 1. The molecule has 0 bridgehead atoms. The molecule has 0 radical (unpaired) electrons. The number of fused-ring (bicyclic) bond motifs is 4. The highest BCUT2D eigenvalue weighted by Crippen LogP contribution is 2.90. The van der Waals surface area contributed by atoms with E-state index in [1.807, 2.05) is 0 Å². The first-order chi connectivity index (χ1) is 10.7. The Labute approximate surface area is 134 Å². The van der Waals surface area contributed by atoms with Gasteiger partial charge in [-0.25, -0.2) is 4.99 Å². The van der Waals surface area contributed by atoms with Gasteiger partial charge in [-0.3, -0.25) is 0 Å². The monoisotopic (exact) mass is 316 g/mol. The van der Waals surface area contributed by atoms with E-state index in [-0.39, 0.29) is 5.41 Å². The number of thioether (sulfide) groups is 1. The van der Waals surface area contributed by atoms with Crippen LogP contribution in [0.15, 0.2) is 4.99 Å². The summed E-state index contributed by atoms with van der Waals surface area (Å²) in [5.41, 5.74) is 4.05. The Bertz CT molecular complexity index is 619. The van der Waals surface area contributed by atoms with Crippen molar-refractivity contribution < 1.29 is 4.74 Å². The van der Waals surface area contributed by atoms with E-state index < -0.39 is 15.9 Å². The average molecular weight is 316 g/mol. The third kappa shape index (κ3) is 1.18. The minimum absolute atomic E-state index is 0.339. The highest BCUT2D eigenvalue weighted by Gasteiger charge is 2.99. The molecule has 6 heteroatoms. The minimum atomic E-state index is -0.944. The molecule has 3 atom stereocenters. The van der Waals surface area contributed by atoms with Crippen LogP contribution in [0.3, 0.4) is 0 Å². The Balaban J connectivity index is 1.89. The first kappa shape index (κ1) is 14.4. The van der Waals surface area contributed by atoms with Crippen LogP contribution in [0.5, 0.6) is 0 Å². The van der Waals surface area contributed by atoms with Gasteiger partial charge in [-0.05, 0) is 12.8 Å². The number of nitriles is 2. The molecule has 1 saturated heterocycles. The first-order valence-electron chi connectivity index (χ1n) is 8.13. The summed E-state index contributed by atoms with van der Waals surface area (Å²) in [4.78, 5) is 4.53. The standard InChI is InChI=1S/C16H20N4OS/c17-10-14-12(19)20-16(21-8-9-22-16)15(14,11-18)13(14)6-4-2-1-3-5-7-13/h1-9H2,(H2,19,20)/t14-,15+,16+/m0/s1. The number of hydrogen-bond donors (Lipinski definition) is 1. The van der Waals surface area contributed by atoms with Crippen LogP contribution in [0.4, 0.5) is 0 Å². The molecule has 0 aromatic carbocycles. The van der Waals surface area contributed by atoms with Crippen LogP contribution in [-0.2, 0) is 4.74 Å². The topological polar surface area (TPSA) is 95.2 Å². The van der Waals surface area contributed by atoms with Crippen molar-refractivity contribution in [3.05, 3.63) is 0 Å². The van der Waals surface area contributed by atoms with Crippen LogP contribution >= 0.6 is 11.8 Å². The van der Waals surface area contributed by atoms with E-state index in [0.717, 1.165) is 31.4 Å². The number of aliphatic imine (C=N–C) groups is 1. The Kier molecular flexibility index (Phi) is 2.87. The van der Waals surface area contributed by atoms with Crippen LogP contribution in [0.2, 0.25) is 0 Å². The Morgan fingerprint density at radius 2 is 1.77 bits per heavy atom. The summed E-state index contributed by atoms with van der Waals surface area (Å²) in [6.07, 6.45) is 7.47. The maximum atomic E-state index is 10.2. The maximum absolute atomic E-state index is 10.2. The molecule has 116 valence electrons. The molecule has 2 aliphatic heterocycles. The largest absolute Gasteiger partial charge is 0.386 e. The van der Waals surface area contributed by atoms with Gasteiger partial charge in [0, 0.05) is 11.2 Å². The number of amidine groups is 1. The minimum Gasteiger partial charge on any atom is -0.386 e. The molecule has 4 aliphatic rings. The Hall–Kier alpha value is -1.24. The quantitative estimate of drug-likeness (QED) is 0.741. The van der Waals surface area contributed by atoms with Crippen molar-refractivity contribution in [3.8, 4) is 12.1 Å². The second-order valence-corrected chi connectivity index (χ2v) is 8.10. The molecule has 2 aliphatic carbocycles. The molecule has 2 N–H and O–H groups in total. The van der Waals surface area contributed by atoms with E-state index in [0.29, 0.717) is 12.4 Å². The zero-order chi connectivity index (χ0) is 15.5. The van der Waals surface area contributed by atoms with Crippen LogP contribution in [0, 0.1) is 38.9 Å². The highest BCUT2D eigenvalue weighted by molar-refractivity contribution is 8.00. The third-order valence-electron chi connectivity index (χ3n) is 6.28. The summed E-state index contributed by atoms with van der Waals surface area (Å²) >= 11 is 1.56. The fourth-order valence-electron chi connectivity index (χ4n) is 5.45. The van der Waals surface area contributed by atoms with Crippen molar-refractivity contribution in [2.75, 3.05) is 12.4 Å². The second-order valence-electron chi connectivity index (χ2n) is 6.85. The molecular formula is C16H20N4OS. The molecule has 2 heterocycles. The highest BCUT2D eigenvalue weighted by atomic mass is 32.2. The SMILES string of the molecule is N#C[C@@]12C3(CCCCCCC3)[C@]1(C#N)C(N)=N[C@@]21OCCS1. The van der Waals surface area contributed by atoms with Crippen LogP contribution in [-0.4, -0.2) is 23.3 Å². The number of hydrogen-bond acceptors (Lipinski definition) is 6. The molecule has 2 spiro atoms. The molecule has 5 nitrogen and oxygen atoms in total. The predicted molar refractivity (Wildman–Crippen MR) is 83.6 cm³/mol. The van der Waals surface area contributed by atoms with Crippen LogP contribution in [0.1, 0.15) is 44.9 Å².